The minimum atomic E-state index is 0.315. The van der Waals surface area contributed by atoms with E-state index in [1.165, 1.54) is 25.7 Å². The molecular weight excluding hydrogens is 160 g/mol. The van der Waals surface area contributed by atoms with Crippen molar-refractivity contribution < 1.29 is 0 Å². The molecule has 1 aliphatic rings. The quantitative estimate of drug-likeness (QED) is 0.724. The van der Waals surface area contributed by atoms with Gasteiger partial charge in [-0.1, -0.05) is 26.7 Å². The van der Waals surface area contributed by atoms with Crippen LogP contribution < -0.4 is 5.73 Å². The van der Waals surface area contributed by atoms with Crippen LogP contribution in [0.3, 0.4) is 0 Å². The summed E-state index contributed by atoms with van der Waals surface area (Å²) in [7, 11) is 0. The van der Waals surface area contributed by atoms with Crippen LogP contribution >= 0.6 is 0 Å². The molecule has 2 N–H and O–H groups in total. The summed E-state index contributed by atoms with van der Waals surface area (Å²) in [4.78, 5) is 2.56. The van der Waals surface area contributed by atoms with Gasteiger partial charge in [-0.25, -0.2) is 0 Å². The van der Waals surface area contributed by atoms with Gasteiger partial charge in [0.25, 0.3) is 0 Å². The summed E-state index contributed by atoms with van der Waals surface area (Å²) >= 11 is 0. The van der Waals surface area contributed by atoms with E-state index in [4.69, 9.17) is 5.73 Å². The Kier molecular flexibility index (Phi) is 3.74. The van der Waals surface area contributed by atoms with E-state index in [9.17, 15) is 0 Å². The Labute approximate surface area is 82.5 Å². The Morgan fingerprint density at radius 3 is 2.00 bits per heavy atom. The average Bonchev–Trinajstić information content (AvgIpc) is 2.56. The second kappa shape index (κ2) is 4.43. The molecule has 13 heavy (non-hydrogen) atoms. The number of likely N-dealkylation sites (N-methyl/N-ethyl adjacent to an activating group) is 1. The Bertz CT molecular complexity index is 144. The maximum atomic E-state index is 6.14. The van der Waals surface area contributed by atoms with E-state index in [1.54, 1.807) is 0 Å². The Morgan fingerprint density at radius 1 is 1.23 bits per heavy atom. The van der Waals surface area contributed by atoms with Gasteiger partial charge >= 0.3 is 0 Å². The molecule has 1 rings (SSSR count). The fourth-order valence-corrected chi connectivity index (χ4v) is 2.90. The van der Waals surface area contributed by atoms with Crippen LogP contribution in [0.25, 0.3) is 0 Å². The minimum absolute atomic E-state index is 0.315. The summed E-state index contributed by atoms with van der Waals surface area (Å²) in [5.74, 6) is 0. The molecule has 1 aliphatic carbocycles. The smallest absolute Gasteiger partial charge is 0.0357 e. The predicted molar refractivity (Wildman–Crippen MR) is 57.8 cm³/mol. The monoisotopic (exact) mass is 184 g/mol. The lowest BCUT2D eigenvalue weighted by atomic mass is 9.87. The number of nitrogens with two attached hydrogens (primary N) is 1. The molecule has 1 unspecified atom stereocenters. The maximum Gasteiger partial charge on any atom is 0.0357 e. The van der Waals surface area contributed by atoms with Crippen LogP contribution in [0.1, 0.15) is 46.5 Å². The topological polar surface area (TPSA) is 29.3 Å². The van der Waals surface area contributed by atoms with Gasteiger partial charge < -0.3 is 5.73 Å². The first kappa shape index (κ1) is 11.0. The van der Waals surface area contributed by atoms with Gasteiger partial charge in [0.05, 0.1) is 0 Å². The lowest BCUT2D eigenvalue weighted by Gasteiger charge is -2.43. The van der Waals surface area contributed by atoms with Crippen molar-refractivity contribution in [3.63, 3.8) is 0 Å². The molecule has 1 fully saturated rings. The van der Waals surface area contributed by atoms with E-state index in [2.05, 4.69) is 25.7 Å². The zero-order valence-electron chi connectivity index (χ0n) is 9.34. The standard InChI is InChI=1S/C11H24N2/c1-4-13(5-2)11(10(3)12)8-6-7-9-11/h10H,4-9,12H2,1-3H3. The van der Waals surface area contributed by atoms with Crippen LogP contribution in [0.2, 0.25) is 0 Å². The molecule has 0 aromatic rings. The SMILES string of the molecule is CCN(CC)C1(C(C)N)CCCC1. The van der Waals surface area contributed by atoms with Crippen LogP contribution in [0.15, 0.2) is 0 Å². The molecule has 0 aromatic heterocycles. The van der Waals surface area contributed by atoms with Crippen molar-refractivity contribution in [2.24, 2.45) is 5.73 Å². The van der Waals surface area contributed by atoms with Crippen molar-refractivity contribution in [1.29, 1.82) is 0 Å². The Morgan fingerprint density at radius 2 is 1.69 bits per heavy atom. The van der Waals surface area contributed by atoms with Gasteiger partial charge in [0.15, 0.2) is 0 Å². The zero-order chi connectivity index (χ0) is 9.90. The summed E-state index contributed by atoms with van der Waals surface area (Å²) < 4.78 is 0. The normalized spacial score (nSPS) is 23.8. The fourth-order valence-electron chi connectivity index (χ4n) is 2.90. The second-order valence-electron chi connectivity index (χ2n) is 4.27. The van der Waals surface area contributed by atoms with Crippen LogP contribution in [-0.2, 0) is 0 Å². The molecule has 0 bridgehead atoms. The van der Waals surface area contributed by atoms with Gasteiger partial charge in [-0.3, -0.25) is 4.90 Å². The van der Waals surface area contributed by atoms with Gasteiger partial charge in [-0.2, -0.15) is 0 Å². The van der Waals surface area contributed by atoms with Crippen LogP contribution in [-0.4, -0.2) is 29.6 Å². The highest BCUT2D eigenvalue weighted by atomic mass is 15.2. The number of rotatable bonds is 4. The number of hydrogen-bond donors (Lipinski definition) is 1. The van der Waals surface area contributed by atoms with Crippen molar-refractivity contribution in [2.45, 2.75) is 58.0 Å². The first-order valence-corrected chi connectivity index (χ1v) is 5.68. The molecule has 0 aliphatic heterocycles. The molecule has 0 heterocycles. The lowest BCUT2D eigenvalue weighted by Crippen LogP contribution is -2.57. The molecule has 2 nitrogen and oxygen atoms in total. The summed E-state index contributed by atoms with van der Waals surface area (Å²) in [6.45, 7) is 8.93. The average molecular weight is 184 g/mol. The summed E-state index contributed by atoms with van der Waals surface area (Å²) in [6.07, 6.45) is 5.31. The number of nitrogens with zero attached hydrogens (tertiary/aromatic N) is 1. The molecule has 0 amide bonds. The van der Waals surface area contributed by atoms with E-state index in [1.807, 2.05) is 0 Å². The van der Waals surface area contributed by atoms with Crippen molar-refractivity contribution >= 4 is 0 Å². The van der Waals surface area contributed by atoms with E-state index in [0.717, 1.165) is 13.1 Å². The van der Waals surface area contributed by atoms with Crippen molar-refractivity contribution in [2.75, 3.05) is 13.1 Å². The molecule has 1 atom stereocenters. The summed E-state index contributed by atoms with van der Waals surface area (Å²) in [5.41, 5.74) is 6.47. The van der Waals surface area contributed by atoms with E-state index in [0.29, 0.717) is 11.6 Å². The van der Waals surface area contributed by atoms with E-state index in [-0.39, 0.29) is 0 Å². The van der Waals surface area contributed by atoms with Gasteiger partial charge in [0.1, 0.15) is 0 Å². The largest absolute Gasteiger partial charge is 0.326 e. The molecule has 0 saturated heterocycles. The molecule has 2 heteroatoms. The van der Waals surface area contributed by atoms with Gasteiger partial charge in [-0.15, -0.1) is 0 Å². The lowest BCUT2D eigenvalue weighted by molar-refractivity contribution is 0.0831. The van der Waals surface area contributed by atoms with Gasteiger partial charge in [-0.05, 0) is 32.9 Å². The predicted octanol–water partition coefficient (Wildman–Crippen LogP) is 1.99. The molecule has 0 aromatic carbocycles. The fraction of sp³-hybridized carbons (Fsp3) is 1.00. The van der Waals surface area contributed by atoms with E-state index >= 15 is 0 Å². The number of hydrogen-bond acceptors (Lipinski definition) is 2. The third-order valence-electron chi connectivity index (χ3n) is 3.71. The first-order valence-electron chi connectivity index (χ1n) is 5.68. The molecule has 78 valence electrons. The van der Waals surface area contributed by atoms with Crippen LogP contribution in [0, 0.1) is 0 Å². The van der Waals surface area contributed by atoms with Gasteiger partial charge in [0, 0.05) is 11.6 Å². The third-order valence-corrected chi connectivity index (χ3v) is 3.71. The Hall–Kier alpha value is -0.0800. The molecular formula is C11H24N2. The van der Waals surface area contributed by atoms with Crippen molar-refractivity contribution in [3.8, 4) is 0 Å². The zero-order valence-corrected chi connectivity index (χ0v) is 9.34. The van der Waals surface area contributed by atoms with Crippen molar-refractivity contribution in [3.05, 3.63) is 0 Å². The Balaban J connectivity index is 2.76. The first-order chi connectivity index (χ1) is 6.17. The highest BCUT2D eigenvalue weighted by molar-refractivity contribution is 5.00. The maximum absolute atomic E-state index is 6.14. The minimum Gasteiger partial charge on any atom is -0.326 e. The highest BCUT2D eigenvalue weighted by Gasteiger charge is 2.40. The summed E-state index contributed by atoms with van der Waals surface area (Å²) in [6, 6.07) is 0.315. The molecule has 1 saturated carbocycles. The second-order valence-corrected chi connectivity index (χ2v) is 4.27. The van der Waals surface area contributed by atoms with Crippen molar-refractivity contribution in [1.82, 2.24) is 4.90 Å². The molecule has 0 radical (unpaired) electrons. The highest BCUT2D eigenvalue weighted by Crippen LogP contribution is 2.37. The third kappa shape index (κ3) is 1.89. The van der Waals surface area contributed by atoms with Crippen LogP contribution in [0.4, 0.5) is 0 Å². The molecule has 0 spiro atoms. The van der Waals surface area contributed by atoms with E-state index < -0.39 is 0 Å². The van der Waals surface area contributed by atoms with Crippen LogP contribution in [0.5, 0.6) is 0 Å². The van der Waals surface area contributed by atoms with Gasteiger partial charge in [0.2, 0.25) is 0 Å². The summed E-state index contributed by atoms with van der Waals surface area (Å²) in [5, 5.41) is 0.